The summed E-state index contributed by atoms with van der Waals surface area (Å²) in [5.74, 6) is 1.33. The van der Waals surface area contributed by atoms with Crippen LogP contribution in [0.25, 0.3) is 6.08 Å². The molecule has 0 heterocycles. The third-order valence-electron chi connectivity index (χ3n) is 6.76. The van der Waals surface area contributed by atoms with Crippen molar-refractivity contribution in [3.05, 3.63) is 88.2 Å². The van der Waals surface area contributed by atoms with Crippen LogP contribution in [0.2, 0.25) is 0 Å². The molecule has 140 valence electrons. The van der Waals surface area contributed by atoms with Gasteiger partial charge in [0.25, 0.3) is 0 Å². The molecule has 0 bridgehead atoms. The van der Waals surface area contributed by atoms with Crippen LogP contribution in [-0.4, -0.2) is 6.04 Å². The highest BCUT2D eigenvalue weighted by molar-refractivity contribution is 5.68. The summed E-state index contributed by atoms with van der Waals surface area (Å²) in [7, 11) is 0. The number of hydrogen-bond donors (Lipinski definition) is 1. The predicted molar refractivity (Wildman–Crippen MR) is 116 cm³/mol. The first-order valence-corrected chi connectivity index (χ1v) is 10.6. The Balaban J connectivity index is 0.00000192. The van der Waals surface area contributed by atoms with Crippen molar-refractivity contribution in [1.29, 1.82) is 0 Å². The highest BCUT2D eigenvalue weighted by Crippen LogP contribution is 2.40. The van der Waals surface area contributed by atoms with Crippen LogP contribution in [-0.2, 0) is 6.42 Å². The quantitative estimate of drug-likeness (QED) is 0.663. The normalized spacial score (nSPS) is 29.1. The summed E-state index contributed by atoms with van der Waals surface area (Å²) in [6.07, 6.45) is 21.8. The average molecular weight is 358 g/mol. The van der Waals surface area contributed by atoms with Crippen LogP contribution in [0.1, 0.15) is 51.6 Å². The van der Waals surface area contributed by atoms with Crippen LogP contribution in [0.15, 0.2) is 77.1 Å². The van der Waals surface area contributed by atoms with Gasteiger partial charge >= 0.3 is 0 Å². The van der Waals surface area contributed by atoms with Gasteiger partial charge in [-0.3, -0.25) is 0 Å². The van der Waals surface area contributed by atoms with Gasteiger partial charge < -0.3 is 5.32 Å². The molecule has 4 aliphatic carbocycles. The fourth-order valence-corrected chi connectivity index (χ4v) is 5.04. The lowest BCUT2D eigenvalue weighted by atomic mass is 9.81. The summed E-state index contributed by atoms with van der Waals surface area (Å²) in [5.41, 5.74) is 8.66. The van der Waals surface area contributed by atoms with Crippen LogP contribution in [0.5, 0.6) is 0 Å². The fourth-order valence-electron chi connectivity index (χ4n) is 5.04. The molecule has 0 amide bonds. The largest absolute Gasteiger partial charge is 0.383 e. The van der Waals surface area contributed by atoms with Crippen molar-refractivity contribution in [2.24, 2.45) is 11.8 Å². The number of aryl methyl sites for hydroxylation is 1. The van der Waals surface area contributed by atoms with Crippen molar-refractivity contribution >= 4 is 6.08 Å². The Morgan fingerprint density at radius 3 is 2.70 bits per heavy atom. The Morgan fingerprint density at radius 1 is 0.963 bits per heavy atom. The SMILES string of the molecule is CC1CCC(NC2=CC3C(=CC=C3C3=Cc4ccccc4CC3)C=C2)CC1.[HH]. The Bertz CT molecular complexity index is 891. The smallest absolute Gasteiger partial charge is 0.0311 e. The minimum Gasteiger partial charge on any atom is -0.383 e. The molecule has 1 aromatic carbocycles. The summed E-state index contributed by atoms with van der Waals surface area (Å²) in [6.45, 7) is 2.39. The zero-order chi connectivity index (χ0) is 18.2. The van der Waals surface area contributed by atoms with Crippen molar-refractivity contribution in [3.63, 3.8) is 0 Å². The molecular formula is C26H31N. The molecule has 1 nitrogen and oxygen atoms in total. The molecule has 1 atom stereocenters. The van der Waals surface area contributed by atoms with Crippen LogP contribution < -0.4 is 5.32 Å². The van der Waals surface area contributed by atoms with Gasteiger partial charge in [0.2, 0.25) is 0 Å². The first kappa shape index (κ1) is 16.9. The molecule has 1 N–H and O–H groups in total. The minimum absolute atomic E-state index is 0. The number of fused-ring (bicyclic) bond motifs is 2. The molecular weight excluding hydrogens is 326 g/mol. The van der Waals surface area contributed by atoms with E-state index in [-0.39, 0.29) is 1.43 Å². The van der Waals surface area contributed by atoms with E-state index in [0.29, 0.717) is 12.0 Å². The predicted octanol–water partition coefficient (Wildman–Crippen LogP) is 6.37. The molecule has 0 aliphatic heterocycles. The van der Waals surface area contributed by atoms with Gasteiger partial charge in [-0.2, -0.15) is 0 Å². The van der Waals surface area contributed by atoms with Gasteiger partial charge in [-0.15, -0.1) is 0 Å². The fraction of sp³-hybridized carbons (Fsp3) is 0.385. The molecule has 1 aromatic rings. The highest BCUT2D eigenvalue weighted by atomic mass is 14.9. The molecule has 0 spiro atoms. The maximum Gasteiger partial charge on any atom is 0.0311 e. The third kappa shape index (κ3) is 3.36. The second-order valence-electron chi connectivity index (χ2n) is 8.69. The molecule has 0 saturated heterocycles. The van der Waals surface area contributed by atoms with Gasteiger partial charge in [0, 0.05) is 19.1 Å². The van der Waals surface area contributed by atoms with E-state index in [1.165, 1.54) is 59.2 Å². The number of allylic oxidation sites excluding steroid dienone is 8. The van der Waals surface area contributed by atoms with Crippen molar-refractivity contribution in [2.75, 3.05) is 0 Å². The molecule has 0 radical (unpaired) electrons. The molecule has 27 heavy (non-hydrogen) atoms. The number of benzene rings is 1. The molecule has 4 aliphatic rings. The van der Waals surface area contributed by atoms with E-state index in [1.54, 1.807) is 0 Å². The monoisotopic (exact) mass is 357 g/mol. The Kier molecular flexibility index (Phi) is 4.39. The first-order chi connectivity index (χ1) is 13.3. The molecule has 1 fully saturated rings. The van der Waals surface area contributed by atoms with Crippen LogP contribution in [0.4, 0.5) is 0 Å². The number of rotatable bonds is 3. The number of hydrogen-bond acceptors (Lipinski definition) is 1. The maximum atomic E-state index is 3.83. The first-order valence-electron chi connectivity index (χ1n) is 10.6. The lowest BCUT2D eigenvalue weighted by Crippen LogP contribution is -2.32. The van der Waals surface area contributed by atoms with Crippen LogP contribution in [0.3, 0.4) is 0 Å². The zero-order valence-electron chi connectivity index (χ0n) is 16.2. The van der Waals surface area contributed by atoms with Gasteiger partial charge in [0.1, 0.15) is 0 Å². The van der Waals surface area contributed by atoms with Gasteiger partial charge in [-0.05, 0) is 84.4 Å². The molecule has 1 saturated carbocycles. The van der Waals surface area contributed by atoms with E-state index in [9.17, 15) is 0 Å². The summed E-state index contributed by atoms with van der Waals surface area (Å²) in [4.78, 5) is 0. The van der Waals surface area contributed by atoms with Crippen molar-refractivity contribution in [1.82, 2.24) is 5.32 Å². The van der Waals surface area contributed by atoms with Gasteiger partial charge in [0.05, 0.1) is 0 Å². The maximum absolute atomic E-state index is 3.83. The average Bonchev–Trinajstić information content (AvgIpc) is 3.13. The van der Waals surface area contributed by atoms with Crippen molar-refractivity contribution in [2.45, 2.75) is 51.5 Å². The number of nitrogens with one attached hydrogen (secondary N) is 1. The van der Waals surface area contributed by atoms with E-state index in [4.69, 9.17) is 0 Å². The summed E-state index contributed by atoms with van der Waals surface area (Å²) < 4.78 is 0. The highest BCUT2D eigenvalue weighted by Gasteiger charge is 2.27. The van der Waals surface area contributed by atoms with Crippen LogP contribution >= 0.6 is 0 Å². The third-order valence-corrected chi connectivity index (χ3v) is 6.76. The van der Waals surface area contributed by atoms with Crippen LogP contribution in [0, 0.1) is 11.8 Å². The van der Waals surface area contributed by atoms with E-state index in [0.717, 1.165) is 18.8 Å². The lowest BCUT2D eigenvalue weighted by molar-refractivity contribution is 0.322. The van der Waals surface area contributed by atoms with Gasteiger partial charge in [-0.1, -0.05) is 55.5 Å². The Labute approximate surface area is 164 Å². The standard InChI is InChI=1S/C26H29N.H2/c1-18-6-12-23(13-7-18)27-24-14-10-20-11-15-25(26(20)17-24)22-9-8-19-4-2-3-5-21(19)16-22;/h2-5,10-11,14-18,23,26-27H,6-9,12-13H2,1H3;1H. The molecule has 1 unspecified atom stereocenters. The Hall–Kier alpha value is -2.28. The molecule has 5 rings (SSSR count). The molecule has 1 heteroatoms. The van der Waals surface area contributed by atoms with E-state index >= 15 is 0 Å². The van der Waals surface area contributed by atoms with E-state index < -0.39 is 0 Å². The lowest BCUT2D eigenvalue weighted by Gasteiger charge is -2.30. The summed E-state index contributed by atoms with van der Waals surface area (Å²) in [5, 5.41) is 3.83. The zero-order valence-corrected chi connectivity index (χ0v) is 16.2. The van der Waals surface area contributed by atoms with Gasteiger partial charge in [0.15, 0.2) is 0 Å². The van der Waals surface area contributed by atoms with Crippen molar-refractivity contribution in [3.8, 4) is 0 Å². The van der Waals surface area contributed by atoms with Gasteiger partial charge in [-0.25, -0.2) is 0 Å². The molecule has 0 aromatic heterocycles. The van der Waals surface area contributed by atoms with Crippen molar-refractivity contribution < 1.29 is 1.43 Å². The summed E-state index contributed by atoms with van der Waals surface area (Å²) in [6, 6.07) is 9.49. The van der Waals surface area contributed by atoms with E-state index in [2.05, 4.69) is 73.0 Å². The summed E-state index contributed by atoms with van der Waals surface area (Å²) >= 11 is 0. The second kappa shape index (κ2) is 7.03. The minimum atomic E-state index is 0. The second-order valence-corrected chi connectivity index (χ2v) is 8.69. The Morgan fingerprint density at radius 2 is 1.81 bits per heavy atom. The topological polar surface area (TPSA) is 12.0 Å². The van der Waals surface area contributed by atoms with E-state index in [1.807, 2.05) is 0 Å².